The molecule has 3 aromatic rings. The van der Waals surface area contributed by atoms with Crippen molar-refractivity contribution in [3.8, 4) is 17.0 Å². The molecular weight excluding hydrogens is 312 g/mol. The summed E-state index contributed by atoms with van der Waals surface area (Å²) in [5, 5.41) is 11.5. The number of carbonyl (C=O) groups is 1. The number of rotatable bonds is 3. The van der Waals surface area contributed by atoms with Crippen LogP contribution in [0.2, 0.25) is 5.02 Å². The molecule has 0 atom stereocenters. The molecule has 0 spiro atoms. The standard InChI is InChI=1S/C14H11ClN2O3S/c1-7-3-8(15)4-9(12(7)20-2)11-6-21-14-16-10(13(18)19)5-17(11)14/h3-6H,1-2H3,(H,18,19). The van der Waals surface area contributed by atoms with Crippen molar-refractivity contribution in [3.05, 3.63) is 40.0 Å². The predicted octanol–water partition coefficient (Wildman–Crippen LogP) is 3.73. The minimum atomic E-state index is -1.05. The van der Waals surface area contributed by atoms with Crippen molar-refractivity contribution in [1.29, 1.82) is 0 Å². The van der Waals surface area contributed by atoms with Gasteiger partial charge >= 0.3 is 5.97 Å². The van der Waals surface area contributed by atoms with Crippen molar-refractivity contribution in [2.45, 2.75) is 6.92 Å². The van der Waals surface area contributed by atoms with Gasteiger partial charge in [0.1, 0.15) is 5.75 Å². The normalized spacial score (nSPS) is 11.0. The van der Waals surface area contributed by atoms with Crippen LogP contribution >= 0.6 is 22.9 Å². The molecule has 5 nitrogen and oxygen atoms in total. The van der Waals surface area contributed by atoms with Crippen molar-refractivity contribution < 1.29 is 14.6 Å². The number of aromatic carboxylic acids is 1. The first kappa shape index (κ1) is 13.9. The number of methoxy groups -OCH3 is 1. The zero-order valence-corrected chi connectivity index (χ0v) is 12.8. The highest BCUT2D eigenvalue weighted by Crippen LogP contribution is 2.37. The second-order valence-electron chi connectivity index (χ2n) is 4.51. The first-order valence-electron chi connectivity index (χ1n) is 6.05. The Morgan fingerprint density at radius 2 is 2.24 bits per heavy atom. The van der Waals surface area contributed by atoms with Crippen LogP contribution in [0, 0.1) is 6.92 Å². The molecule has 7 heteroatoms. The van der Waals surface area contributed by atoms with E-state index in [1.807, 2.05) is 18.4 Å². The lowest BCUT2D eigenvalue weighted by Crippen LogP contribution is -1.96. The number of nitrogens with zero attached hydrogens (tertiary/aromatic N) is 2. The third-order valence-electron chi connectivity index (χ3n) is 3.15. The molecule has 3 rings (SSSR count). The van der Waals surface area contributed by atoms with Crippen molar-refractivity contribution in [2.24, 2.45) is 0 Å². The van der Waals surface area contributed by atoms with E-state index < -0.39 is 5.97 Å². The number of carboxylic acid groups (broad SMARTS) is 1. The van der Waals surface area contributed by atoms with E-state index in [1.54, 1.807) is 17.6 Å². The zero-order chi connectivity index (χ0) is 15.1. The fourth-order valence-electron chi connectivity index (χ4n) is 2.27. The molecule has 0 aliphatic rings. The Hall–Kier alpha value is -2.05. The minimum absolute atomic E-state index is 0.0146. The molecule has 0 saturated heterocycles. The van der Waals surface area contributed by atoms with Gasteiger partial charge in [-0.15, -0.1) is 11.3 Å². The lowest BCUT2D eigenvalue weighted by molar-refractivity contribution is 0.0691. The van der Waals surface area contributed by atoms with Gasteiger partial charge in [-0.2, -0.15) is 0 Å². The lowest BCUT2D eigenvalue weighted by atomic mass is 10.1. The summed E-state index contributed by atoms with van der Waals surface area (Å²) in [6.45, 7) is 1.91. The van der Waals surface area contributed by atoms with E-state index in [0.717, 1.165) is 16.8 Å². The van der Waals surface area contributed by atoms with Crippen molar-refractivity contribution in [3.63, 3.8) is 0 Å². The quantitative estimate of drug-likeness (QED) is 0.798. The van der Waals surface area contributed by atoms with Crippen LogP contribution in [0.5, 0.6) is 5.75 Å². The average Bonchev–Trinajstić information content (AvgIpc) is 2.97. The van der Waals surface area contributed by atoms with Crippen LogP contribution in [0.1, 0.15) is 16.1 Å². The van der Waals surface area contributed by atoms with Gasteiger partial charge in [0, 0.05) is 22.2 Å². The molecule has 0 radical (unpaired) electrons. The number of hydrogen-bond acceptors (Lipinski definition) is 4. The molecule has 0 amide bonds. The van der Waals surface area contributed by atoms with Gasteiger partial charge < -0.3 is 9.84 Å². The van der Waals surface area contributed by atoms with Gasteiger partial charge in [0.25, 0.3) is 0 Å². The highest BCUT2D eigenvalue weighted by Gasteiger charge is 2.17. The monoisotopic (exact) mass is 322 g/mol. The van der Waals surface area contributed by atoms with E-state index in [1.165, 1.54) is 17.5 Å². The predicted molar refractivity (Wildman–Crippen MR) is 81.8 cm³/mol. The number of fused-ring (bicyclic) bond motifs is 1. The molecule has 2 heterocycles. The minimum Gasteiger partial charge on any atom is -0.496 e. The molecule has 0 fully saturated rings. The van der Waals surface area contributed by atoms with Gasteiger partial charge in [-0.1, -0.05) is 11.6 Å². The molecular formula is C14H11ClN2O3S. The Morgan fingerprint density at radius 1 is 1.48 bits per heavy atom. The molecule has 0 aliphatic heterocycles. The molecule has 0 unspecified atom stereocenters. The van der Waals surface area contributed by atoms with Crippen molar-refractivity contribution >= 4 is 33.9 Å². The number of thiazole rings is 1. The number of carboxylic acids is 1. The molecule has 108 valence electrons. The second-order valence-corrected chi connectivity index (χ2v) is 5.78. The van der Waals surface area contributed by atoms with Gasteiger partial charge in [0.15, 0.2) is 10.7 Å². The number of hydrogen-bond donors (Lipinski definition) is 1. The van der Waals surface area contributed by atoms with Crippen molar-refractivity contribution in [1.82, 2.24) is 9.38 Å². The Labute approximate surface area is 129 Å². The SMILES string of the molecule is COc1c(C)cc(Cl)cc1-c1csc2nc(C(=O)O)cn12. The van der Waals surface area contributed by atoms with Gasteiger partial charge in [-0.05, 0) is 24.6 Å². The highest BCUT2D eigenvalue weighted by molar-refractivity contribution is 7.15. The maximum Gasteiger partial charge on any atom is 0.356 e. The van der Waals surface area contributed by atoms with Gasteiger partial charge in [0.2, 0.25) is 0 Å². The number of halogens is 1. The van der Waals surface area contributed by atoms with Gasteiger partial charge in [-0.3, -0.25) is 4.40 Å². The Bertz CT molecular complexity index is 853. The summed E-state index contributed by atoms with van der Waals surface area (Å²) in [5.41, 5.74) is 2.54. The number of aromatic nitrogens is 2. The number of aryl methyl sites for hydroxylation is 1. The van der Waals surface area contributed by atoms with Crippen LogP contribution in [0.25, 0.3) is 16.2 Å². The maximum absolute atomic E-state index is 11.0. The van der Waals surface area contributed by atoms with E-state index in [0.29, 0.717) is 15.7 Å². The summed E-state index contributed by atoms with van der Waals surface area (Å²) in [6.07, 6.45) is 1.50. The molecule has 0 aliphatic carbocycles. The van der Waals surface area contributed by atoms with E-state index in [2.05, 4.69) is 4.98 Å². The third-order valence-corrected chi connectivity index (χ3v) is 4.21. The van der Waals surface area contributed by atoms with Crippen LogP contribution in [-0.4, -0.2) is 27.6 Å². The first-order valence-corrected chi connectivity index (χ1v) is 7.31. The number of imidazole rings is 1. The van der Waals surface area contributed by atoms with Crippen molar-refractivity contribution in [2.75, 3.05) is 7.11 Å². The van der Waals surface area contributed by atoms with Gasteiger partial charge in [0.05, 0.1) is 12.8 Å². The van der Waals surface area contributed by atoms with Crippen LogP contribution in [0.4, 0.5) is 0 Å². The summed E-state index contributed by atoms with van der Waals surface area (Å²) < 4.78 is 7.19. The maximum atomic E-state index is 11.0. The topological polar surface area (TPSA) is 63.8 Å². The van der Waals surface area contributed by atoms with E-state index in [-0.39, 0.29) is 5.69 Å². The molecule has 21 heavy (non-hydrogen) atoms. The van der Waals surface area contributed by atoms with Gasteiger partial charge in [-0.25, -0.2) is 9.78 Å². The smallest absolute Gasteiger partial charge is 0.356 e. The Balaban J connectivity index is 2.27. The fourth-order valence-corrected chi connectivity index (χ4v) is 3.42. The number of benzene rings is 1. The Kier molecular flexibility index (Phi) is 3.35. The van der Waals surface area contributed by atoms with Crippen LogP contribution in [0.15, 0.2) is 23.7 Å². The van der Waals surface area contributed by atoms with E-state index >= 15 is 0 Å². The summed E-state index contributed by atoms with van der Waals surface area (Å²) in [7, 11) is 1.60. The molecule has 0 saturated carbocycles. The average molecular weight is 323 g/mol. The summed E-state index contributed by atoms with van der Waals surface area (Å²) in [6, 6.07) is 3.62. The van der Waals surface area contributed by atoms with E-state index in [4.69, 9.17) is 21.4 Å². The molecule has 1 N–H and O–H groups in total. The lowest BCUT2D eigenvalue weighted by Gasteiger charge is -2.11. The Morgan fingerprint density at radius 3 is 2.90 bits per heavy atom. The molecule has 1 aromatic carbocycles. The fraction of sp³-hybridized carbons (Fsp3) is 0.143. The van der Waals surface area contributed by atoms with Crippen LogP contribution in [-0.2, 0) is 0 Å². The molecule has 0 bridgehead atoms. The van der Waals surface area contributed by atoms with Crippen LogP contribution < -0.4 is 4.74 Å². The largest absolute Gasteiger partial charge is 0.496 e. The summed E-state index contributed by atoms with van der Waals surface area (Å²) in [5.74, 6) is -0.337. The van der Waals surface area contributed by atoms with E-state index in [9.17, 15) is 4.79 Å². The zero-order valence-electron chi connectivity index (χ0n) is 11.3. The van der Waals surface area contributed by atoms with Crippen LogP contribution in [0.3, 0.4) is 0 Å². The third kappa shape index (κ3) is 2.26. The molecule has 2 aromatic heterocycles. The second kappa shape index (κ2) is 5.05. The summed E-state index contributed by atoms with van der Waals surface area (Å²) >= 11 is 7.50. The summed E-state index contributed by atoms with van der Waals surface area (Å²) in [4.78, 5) is 15.7. The number of ether oxygens (including phenoxy) is 1. The first-order chi connectivity index (χ1) is 10.0. The highest BCUT2D eigenvalue weighted by atomic mass is 35.5.